The number of hydrogen-bond donors (Lipinski definition) is 0. The van der Waals surface area contributed by atoms with Gasteiger partial charge in [-0.15, -0.1) is 0 Å². The lowest BCUT2D eigenvalue weighted by Crippen LogP contribution is -2.63. The van der Waals surface area contributed by atoms with Crippen molar-refractivity contribution in [1.82, 2.24) is 0 Å². The number of hydrogen-bond acceptors (Lipinski definition) is 8. The second-order valence-corrected chi connectivity index (χ2v) is 11.4. The first-order valence-electron chi connectivity index (χ1n) is 13.6. The second kappa shape index (κ2) is 11.7. The van der Waals surface area contributed by atoms with Crippen LogP contribution in [0, 0.1) is 28.6 Å². The van der Waals surface area contributed by atoms with Crippen molar-refractivity contribution in [3.8, 4) is 0 Å². The summed E-state index contributed by atoms with van der Waals surface area (Å²) in [5.41, 5.74) is 0.319. The molecule has 0 aromatic carbocycles. The average molecular weight is 533 g/mol. The lowest BCUT2D eigenvalue weighted by Gasteiger charge is -2.61. The highest BCUT2D eigenvalue weighted by atomic mass is 16.8. The van der Waals surface area contributed by atoms with Crippen LogP contribution in [0.15, 0.2) is 36.5 Å². The maximum Gasteiger partial charge on any atom is 0.309 e. The molecule has 1 aliphatic heterocycles. The molecule has 0 radical (unpaired) electrons. The van der Waals surface area contributed by atoms with Gasteiger partial charge in [0, 0.05) is 26.5 Å². The summed E-state index contributed by atoms with van der Waals surface area (Å²) in [7, 11) is 1.64. The minimum Gasteiger partial charge on any atom is -0.458 e. The van der Waals surface area contributed by atoms with Gasteiger partial charge in [0.1, 0.15) is 6.10 Å². The summed E-state index contributed by atoms with van der Waals surface area (Å²) < 4.78 is 29.8. The van der Waals surface area contributed by atoms with Crippen molar-refractivity contribution in [1.29, 1.82) is 0 Å². The van der Waals surface area contributed by atoms with E-state index in [1.165, 1.54) is 13.8 Å². The van der Waals surface area contributed by atoms with Gasteiger partial charge in [-0.05, 0) is 55.4 Å². The number of allylic oxidation sites excluding steroid dienone is 2. The van der Waals surface area contributed by atoms with Gasteiger partial charge >= 0.3 is 17.9 Å². The highest BCUT2D eigenvalue weighted by Gasteiger charge is 2.71. The molecule has 3 rings (SSSR count). The van der Waals surface area contributed by atoms with Gasteiger partial charge in [-0.25, -0.2) is 0 Å². The van der Waals surface area contributed by atoms with Crippen molar-refractivity contribution in [3.63, 3.8) is 0 Å². The number of esters is 3. The Morgan fingerprint density at radius 3 is 2.39 bits per heavy atom. The minimum absolute atomic E-state index is 0.194. The summed E-state index contributed by atoms with van der Waals surface area (Å²) in [4.78, 5) is 37.3. The molecule has 1 spiro atoms. The van der Waals surface area contributed by atoms with Crippen LogP contribution in [0.4, 0.5) is 0 Å². The molecule has 0 bridgehead atoms. The van der Waals surface area contributed by atoms with Gasteiger partial charge in [0.15, 0.2) is 0 Å². The highest BCUT2D eigenvalue weighted by molar-refractivity contribution is 5.72. The quantitative estimate of drug-likeness (QED) is 0.162. The van der Waals surface area contributed by atoms with Gasteiger partial charge in [0.2, 0.25) is 12.6 Å². The van der Waals surface area contributed by atoms with E-state index in [-0.39, 0.29) is 35.2 Å². The maximum atomic E-state index is 12.9. The first-order valence-corrected chi connectivity index (χ1v) is 13.6. The Morgan fingerprint density at radius 1 is 1.18 bits per heavy atom. The maximum absolute atomic E-state index is 12.9. The summed E-state index contributed by atoms with van der Waals surface area (Å²) in [5.74, 6) is -1.57. The van der Waals surface area contributed by atoms with Crippen LogP contribution >= 0.6 is 0 Å². The fourth-order valence-electron chi connectivity index (χ4n) is 6.70. The Kier molecular flexibility index (Phi) is 9.30. The molecular weight excluding hydrogens is 488 g/mol. The Balaban J connectivity index is 2.22. The van der Waals surface area contributed by atoms with Gasteiger partial charge in [-0.3, -0.25) is 19.1 Å². The Morgan fingerprint density at radius 2 is 1.84 bits per heavy atom. The number of ether oxygens (including phenoxy) is 5. The van der Waals surface area contributed by atoms with E-state index in [2.05, 4.69) is 27.0 Å². The molecule has 1 unspecified atom stereocenters. The third-order valence-electron chi connectivity index (χ3n) is 9.21. The molecule has 8 nitrogen and oxygen atoms in total. The van der Waals surface area contributed by atoms with Crippen LogP contribution in [0.3, 0.4) is 0 Å². The summed E-state index contributed by atoms with van der Waals surface area (Å²) in [5, 5.41) is 0. The van der Waals surface area contributed by atoms with Crippen LogP contribution in [-0.2, 0) is 38.1 Å². The van der Waals surface area contributed by atoms with Crippen LogP contribution in [0.25, 0.3) is 0 Å². The first-order chi connectivity index (χ1) is 17.8. The van der Waals surface area contributed by atoms with Crippen LogP contribution in [0.1, 0.15) is 73.6 Å². The Hall–Kier alpha value is -2.45. The molecule has 0 aromatic heterocycles. The summed E-state index contributed by atoms with van der Waals surface area (Å²) >= 11 is 0. The number of carbonyl (C=O) groups excluding carboxylic acids is 3. The second-order valence-electron chi connectivity index (χ2n) is 11.4. The molecule has 212 valence electrons. The third-order valence-corrected chi connectivity index (χ3v) is 9.21. The van der Waals surface area contributed by atoms with E-state index >= 15 is 0 Å². The van der Waals surface area contributed by atoms with Crippen molar-refractivity contribution in [2.24, 2.45) is 28.6 Å². The highest BCUT2D eigenvalue weighted by Crippen LogP contribution is 2.68. The van der Waals surface area contributed by atoms with Crippen molar-refractivity contribution >= 4 is 17.9 Å². The van der Waals surface area contributed by atoms with Gasteiger partial charge in [-0.2, -0.15) is 0 Å². The van der Waals surface area contributed by atoms with Gasteiger partial charge < -0.3 is 18.9 Å². The van der Waals surface area contributed by atoms with Gasteiger partial charge in [0.05, 0.1) is 17.4 Å². The standard InChI is InChI=1S/C30H44O8/c1-10-17(3)12-13-29(8)19(5)14-25(34-9)30-23(27(35-20(6)31)38-28(30)36-21(7)32)15-22(16-24(29)30)37-26(33)18(4)11-2/h10,15,18-19,22,24-25,27-28H,1,3,11-14,16H2,2,4-9H3/t18?,19-,22-,24+,25+,27+,28-,29-,30-/m0/s1. The summed E-state index contributed by atoms with van der Waals surface area (Å²) in [6, 6.07) is 0. The molecule has 0 amide bonds. The van der Waals surface area contributed by atoms with Crippen LogP contribution in [0.5, 0.6) is 0 Å². The van der Waals surface area contributed by atoms with Crippen LogP contribution in [0.2, 0.25) is 0 Å². The fraction of sp³-hybridized carbons (Fsp3) is 0.700. The molecule has 38 heavy (non-hydrogen) atoms. The summed E-state index contributed by atoms with van der Waals surface area (Å²) in [6.45, 7) is 18.8. The number of rotatable bonds is 10. The molecule has 9 atom stereocenters. The van der Waals surface area contributed by atoms with Crippen molar-refractivity contribution in [2.45, 2.75) is 98.4 Å². The SMILES string of the molecule is C=CC(=C)CC[C@]1(C)[C@H]2C[C@@H](OC(=O)C(C)CC)C=C3[C@H](OC(C)=O)O[C@H](OC(C)=O)[C@@]32[C@H](OC)C[C@@H]1C. The van der Waals surface area contributed by atoms with Crippen molar-refractivity contribution in [2.75, 3.05) is 7.11 Å². The molecule has 2 aliphatic carbocycles. The summed E-state index contributed by atoms with van der Waals surface area (Å²) in [6.07, 6.45) is 3.86. The zero-order chi connectivity index (χ0) is 28.4. The van der Waals surface area contributed by atoms with Crippen LogP contribution < -0.4 is 0 Å². The smallest absolute Gasteiger partial charge is 0.309 e. The van der Waals surface area contributed by atoms with E-state index in [0.717, 1.165) is 18.4 Å². The third kappa shape index (κ3) is 5.34. The first kappa shape index (κ1) is 30.1. The van der Waals surface area contributed by atoms with Crippen molar-refractivity contribution < 1.29 is 38.1 Å². The lowest BCUT2D eigenvalue weighted by atomic mass is 9.45. The molecule has 3 aliphatic rings. The largest absolute Gasteiger partial charge is 0.458 e. The number of carbonyl (C=O) groups is 3. The molecule has 1 saturated heterocycles. The van der Waals surface area contributed by atoms with Crippen LogP contribution in [-0.4, -0.2) is 49.8 Å². The molecule has 8 heteroatoms. The van der Waals surface area contributed by atoms with Crippen molar-refractivity contribution in [3.05, 3.63) is 36.5 Å². The molecule has 0 aromatic rings. The molecule has 1 heterocycles. The van der Waals surface area contributed by atoms with E-state index in [9.17, 15) is 14.4 Å². The average Bonchev–Trinajstić information content (AvgIpc) is 3.15. The monoisotopic (exact) mass is 532 g/mol. The minimum atomic E-state index is -1.09. The topological polar surface area (TPSA) is 97.4 Å². The number of methoxy groups -OCH3 is 1. The van der Waals surface area contributed by atoms with E-state index in [4.69, 9.17) is 23.7 Å². The van der Waals surface area contributed by atoms with E-state index in [0.29, 0.717) is 24.8 Å². The zero-order valence-corrected chi connectivity index (χ0v) is 23.9. The van der Waals surface area contributed by atoms with Gasteiger partial charge in [0.25, 0.3) is 0 Å². The molecular formula is C30H44O8. The van der Waals surface area contributed by atoms with E-state index < -0.39 is 36.0 Å². The van der Waals surface area contributed by atoms with E-state index in [1.54, 1.807) is 13.2 Å². The molecule has 2 fully saturated rings. The Bertz CT molecular complexity index is 985. The normalized spacial score (nSPS) is 36.7. The predicted octanol–water partition coefficient (Wildman–Crippen LogP) is 5.27. The predicted molar refractivity (Wildman–Crippen MR) is 141 cm³/mol. The molecule has 0 N–H and O–H groups in total. The van der Waals surface area contributed by atoms with E-state index in [1.807, 2.05) is 19.9 Å². The zero-order valence-electron chi connectivity index (χ0n) is 23.9. The Labute approximate surface area is 226 Å². The fourth-order valence-corrected chi connectivity index (χ4v) is 6.70. The lowest BCUT2D eigenvalue weighted by molar-refractivity contribution is -0.258. The molecule has 1 saturated carbocycles. The van der Waals surface area contributed by atoms with Gasteiger partial charge in [-0.1, -0.05) is 52.5 Å².